The number of morpholine rings is 1. The number of aromatic carboxylic acids is 1. The third kappa shape index (κ3) is 3.37. The summed E-state index contributed by atoms with van der Waals surface area (Å²) in [6.07, 6.45) is 3.04. The summed E-state index contributed by atoms with van der Waals surface area (Å²) in [6, 6.07) is 3.08. The molecule has 1 fully saturated rings. The quantitative estimate of drug-likeness (QED) is 0.899. The van der Waals surface area contributed by atoms with E-state index in [1.54, 1.807) is 10.6 Å². The molecule has 0 saturated carbocycles. The smallest absolute Gasteiger partial charge is 0.341 e. The number of halogens is 1. The van der Waals surface area contributed by atoms with Crippen LogP contribution in [-0.2, 0) is 11.3 Å². The van der Waals surface area contributed by atoms with Crippen LogP contribution in [0.5, 0.6) is 0 Å². The van der Waals surface area contributed by atoms with Gasteiger partial charge in [0.25, 0.3) is 0 Å². The van der Waals surface area contributed by atoms with E-state index in [0.717, 1.165) is 12.8 Å². The summed E-state index contributed by atoms with van der Waals surface area (Å²) in [5.74, 6) is -2.02. The largest absolute Gasteiger partial charge is 0.477 e. The van der Waals surface area contributed by atoms with Crippen LogP contribution in [0.1, 0.15) is 30.1 Å². The minimum absolute atomic E-state index is 0.159. The summed E-state index contributed by atoms with van der Waals surface area (Å²) in [5.41, 5.74) is -0.0612. The zero-order valence-electron chi connectivity index (χ0n) is 14.1. The summed E-state index contributed by atoms with van der Waals surface area (Å²) < 4.78 is 21.7. The van der Waals surface area contributed by atoms with Crippen molar-refractivity contribution in [1.82, 2.24) is 4.57 Å². The number of pyridine rings is 1. The van der Waals surface area contributed by atoms with E-state index in [-0.39, 0.29) is 5.39 Å². The average molecular weight is 348 g/mol. The molecule has 6 nitrogen and oxygen atoms in total. The standard InChI is InChI=1S/C18H21FN2O4/c1-2-3-4-21-11-13(18(23)24)17(22)16-14(19)9-12(10-15(16)21)20-5-7-25-8-6-20/h9-11H,2-8H2,1H3,(H,23,24). The third-order valence-corrected chi connectivity index (χ3v) is 4.48. The molecule has 1 aromatic heterocycles. The van der Waals surface area contributed by atoms with Crippen molar-refractivity contribution in [2.75, 3.05) is 31.2 Å². The number of benzene rings is 1. The Morgan fingerprint density at radius 2 is 2.04 bits per heavy atom. The Bertz CT molecular complexity index is 856. The summed E-state index contributed by atoms with van der Waals surface area (Å²) in [6.45, 7) is 4.98. The number of carboxylic acid groups (broad SMARTS) is 1. The molecule has 1 N–H and O–H groups in total. The number of ether oxygens (including phenoxy) is 1. The van der Waals surface area contributed by atoms with Gasteiger partial charge in [0, 0.05) is 31.5 Å². The molecule has 0 aliphatic carbocycles. The zero-order chi connectivity index (χ0) is 18.0. The molecule has 0 bridgehead atoms. The van der Waals surface area contributed by atoms with Gasteiger partial charge in [-0.1, -0.05) is 13.3 Å². The minimum Gasteiger partial charge on any atom is -0.477 e. The fourth-order valence-electron chi connectivity index (χ4n) is 3.12. The second-order valence-corrected chi connectivity index (χ2v) is 6.15. The molecule has 0 radical (unpaired) electrons. The Balaban J connectivity index is 2.21. The molecule has 134 valence electrons. The van der Waals surface area contributed by atoms with Gasteiger partial charge in [0.2, 0.25) is 5.43 Å². The Hall–Kier alpha value is -2.41. The average Bonchev–Trinajstić information content (AvgIpc) is 2.61. The molecule has 1 aliphatic rings. The number of aryl methyl sites for hydroxylation is 1. The van der Waals surface area contributed by atoms with Gasteiger partial charge in [0.15, 0.2) is 0 Å². The molecule has 3 rings (SSSR count). The molecule has 25 heavy (non-hydrogen) atoms. The number of carboxylic acids is 1. The Morgan fingerprint density at radius 3 is 2.68 bits per heavy atom. The van der Waals surface area contributed by atoms with E-state index in [1.165, 1.54) is 12.3 Å². The molecule has 1 saturated heterocycles. The van der Waals surface area contributed by atoms with E-state index >= 15 is 0 Å². The van der Waals surface area contributed by atoms with Crippen molar-refractivity contribution in [1.29, 1.82) is 0 Å². The highest BCUT2D eigenvalue weighted by atomic mass is 19.1. The van der Waals surface area contributed by atoms with E-state index in [0.29, 0.717) is 44.1 Å². The van der Waals surface area contributed by atoms with E-state index in [4.69, 9.17) is 4.74 Å². The van der Waals surface area contributed by atoms with Crippen LogP contribution in [0, 0.1) is 5.82 Å². The van der Waals surface area contributed by atoms with Crippen LogP contribution >= 0.6 is 0 Å². The first-order valence-corrected chi connectivity index (χ1v) is 8.45. The number of carbonyl (C=O) groups is 1. The van der Waals surface area contributed by atoms with Crippen LogP contribution in [0.2, 0.25) is 0 Å². The molecule has 1 aromatic carbocycles. The molecule has 1 aliphatic heterocycles. The minimum atomic E-state index is -1.34. The van der Waals surface area contributed by atoms with Gasteiger partial charge in [0.05, 0.1) is 24.1 Å². The Morgan fingerprint density at radius 1 is 1.32 bits per heavy atom. The highest BCUT2D eigenvalue weighted by molar-refractivity contribution is 5.93. The number of aromatic nitrogens is 1. The van der Waals surface area contributed by atoms with Gasteiger partial charge in [0.1, 0.15) is 11.4 Å². The maximum atomic E-state index is 14.7. The number of fused-ring (bicyclic) bond motifs is 1. The molecular formula is C18H21FN2O4. The topological polar surface area (TPSA) is 71.8 Å². The van der Waals surface area contributed by atoms with E-state index in [9.17, 15) is 19.1 Å². The SMILES string of the molecule is CCCCn1cc(C(=O)O)c(=O)c2c(F)cc(N3CCOCC3)cc21. The molecular weight excluding hydrogens is 327 g/mol. The summed E-state index contributed by atoms with van der Waals surface area (Å²) in [7, 11) is 0. The Kier molecular flexibility index (Phi) is 5.03. The van der Waals surface area contributed by atoms with Crippen molar-refractivity contribution in [3.05, 3.63) is 39.9 Å². The van der Waals surface area contributed by atoms with Gasteiger partial charge in [-0.05, 0) is 18.6 Å². The zero-order valence-corrected chi connectivity index (χ0v) is 14.1. The number of anilines is 1. The van der Waals surface area contributed by atoms with Gasteiger partial charge in [-0.15, -0.1) is 0 Å². The first kappa shape index (κ1) is 17.4. The van der Waals surface area contributed by atoms with Crippen LogP contribution in [0.4, 0.5) is 10.1 Å². The highest BCUT2D eigenvalue weighted by Crippen LogP contribution is 2.25. The van der Waals surface area contributed by atoms with Crippen LogP contribution in [0.3, 0.4) is 0 Å². The predicted octanol–water partition coefficient (Wildman–Crippen LogP) is 2.48. The number of nitrogens with zero attached hydrogens (tertiary/aromatic N) is 2. The lowest BCUT2D eigenvalue weighted by Crippen LogP contribution is -2.36. The summed E-state index contributed by atoms with van der Waals surface area (Å²) in [5, 5.41) is 9.11. The van der Waals surface area contributed by atoms with Crippen molar-refractivity contribution in [3.63, 3.8) is 0 Å². The maximum Gasteiger partial charge on any atom is 0.341 e. The van der Waals surface area contributed by atoms with Gasteiger partial charge < -0.3 is 19.3 Å². The van der Waals surface area contributed by atoms with Crippen LogP contribution < -0.4 is 10.3 Å². The number of hydrogen-bond acceptors (Lipinski definition) is 4. The van der Waals surface area contributed by atoms with Crippen LogP contribution in [0.15, 0.2) is 23.1 Å². The normalized spacial score (nSPS) is 14.9. The monoisotopic (exact) mass is 348 g/mol. The van der Waals surface area contributed by atoms with E-state index in [2.05, 4.69) is 0 Å². The summed E-state index contributed by atoms with van der Waals surface area (Å²) >= 11 is 0. The molecule has 0 unspecified atom stereocenters. The lowest BCUT2D eigenvalue weighted by molar-refractivity contribution is 0.0695. The second kappa shape index (κ2) is 7.23. The molecule has 2 aromatic rings. The van der Waals surface area contributed by atoms with Crippen LogP contribution in [-0.4, -0.2) is 41.9 Å². The third-order valence-electron chi connectivity index (χ3n) is 4.48. The first-order valence-electron chi connectivity index (χ1n) is 8.45. The van der Waals surface area contributed by atoms with E-state index in [1.807, 2.05) is 11.8 Å². The molecule has 7 heteroatoms. The van der Waals surface area contributed by atoms with Crippen molar-refractivity contribution in [2.45, 2.75) is 26.3 Å². The molecule has 0 spiro atoms. The van der Waals surface area contributed by atoms with Gasteiger partial charge in [-0.2, -0.15) is 0 Å². The van der Waals surface area contributed by atoms with Gasteiger partial charge in [-0.25, -0.2) is 9.18 Å². The lowest BCUT2D eigenvalue weighted by atomic mass is 10.1. The lowest BCUT2D eigenvalue weighted by Gasteiger charge is -2.29. The highest BCUT2D eigenvalue weighted by Gasteiger charge is 2.20. The van der Waals surface area contributed by atoms with Crippen molar-refractivity contribution in [2.24, 2.45) is 0 Å². The fourth-order valence-corrected chi connectivity index (χ4v) is 3.12. The van der Waals surface area contributed by atoms with Gasteiger partial charge >= 0.3 is 5.97 Å². The summed E-state index contributed by atoms with van der Waals surface area (Å²) in [4.78, 5) is 25.8. The molecule has 0 atom stereocenters. The fraction of sp³-hybridized carbons (Fsp3) is 0.444. The van der Waals surface area contributed by atoms with Crippen molar-refractivity contribution in [3.8, 4) is 0 Å². The second-order valence-electron chi connectivity index (χ2n) is 6.15. The van der Waals surface area contributed by atoms with Gasteiger partial charge in [-0.3, -0.25) is 4.79 Å². The number of hydrogen-bond donors (Lipinski definition) is 1. The van der Waals surface area contributed by atoms with E-state index < -0.39 is 22.8 Å². The molecule has 0 amide bonds. The van der Waals surface area contributed by atoms with Crippen molar-refractivity contribution >= 4 is 22.6 Å². The first-order chi connectivity index (χ1) is 12.0. The molecule has 2 heterocycles. The van der Waals surface area contributed by atoms with Crippen molar-refractivity contribution < 1.29 is 19.0 Å². The number of unbranched alkanes of at least 4 members (excludes halogenated alkanes) is 1. The maximum absolute atomic E-state index is 14.7. The van der Waals surface area contributed by atoms with Crippen LogP contribution in [0.25, 0.3) is 10.9 Å². The Labute approximate surface area is 144 Å². The number of rotatable bonds is 5. The predicted molar refractivity (Wildman–Crippen MR) is 93.1 cm³/mol.